The molecule has 0 aliphatic carbocycles. The lowest BCUT2D eigenvalue weighted by molar-refractivity contribution is 0.101. The summed E-state index contributed by atoms with van der Waals surface area (Å²) in [7, 11) is 0. The summed E-state index contributed by atoms with van der Waals surface area (Å²) >= 11 is 0. The Labute approximate surface area is 190 Å². The minimum absolute atomic E-state index is 0.126. The summed E-state index contributed by atoms with van der Waals surface area (Å²) in [6, 6.07) is 20.3. The molecule has 0 radical (unpaired) electrons. The zero-order chi connectivity index (χ0) is 23.5. The number of anilines is 2. The highest BCUT2D eigenvalue weighted by Crippen LogP contribution is 2.30. The van der Waals surface area contributed by atoms with Gasteiger partial charge in [-0.05, 0) is 46.2 Å². The molecule has 2 aromatic carbocycles. The molecule has 1 heterocycles. The molecule has 0 spiro atoms. The molecule has 3 aromatic rings. The SMILES string of the molecule is CC(C)(C)c1ccccc1NC(=O)c1cccc(C(=O)Nc2ccccc2C(C)(C)C)n1. The van der Waals surface area contributed by atoms with Gasteiger partial charge >= 0.3 is 0 Å². The van der Waals surface area contributed by atoms with Crippen LogP contribution in [0.3, 0.4) is 0 Å². The third-order valence-electron chi connectivity index (χ3n) is 5.18. The van der Waals surface area contributed by atoms with E-state index in [1.165, 1.54) is 0 Å². The number of benzene rings is 2. The molecule has 0 unspecified atom stereocenters. The first kappa shape index (κ1) is 23.2. The molecule has 0 fully saturated rings. The van der Waals surface area contributed by atoms with Crippen molar-refractivity contribution in [1.82, 2.24) is 4.98 Å². The number of para-hydroxylation sites is 2. The number of amides is 2. The van der Waals surface area contributed by atoms with Crippen molar-refractivity contribution in [2.75, 3.05) is 10.6 Å². The summed E-state index contributed by atoms with van der Waals surface area (Å²) in [5, 5.41) is 5.89. The van der Waals surface area contributed by atoms with Gasteiger partial charge < -0.3 is 10.6 Å². The number of carbonyl (C=O) groups excluding carboxylic acids is 2. The van der Waals surface area contributed by atoms with Crippen molar-refractivity contribution in [3.05, 3.63) is 89.2 Å². The quantitative estimate of drug-likeness (QED) is 0.520. The van der Waals surface area contributed by atoms with Crippen molar-refractivity contribution in [3.8, 4) is 0 Å². The topological polar surface area (TPSA) is 71.1 Å². The third kappa shape index (κ3) is 5.41. The Morgan fingerprint density at radius 2 is 0.969 bits per heavy atom. The lowest BCUT2D eigenvalue weighted by Crippen LogP contribution is -2.22. The predicted molar refractivity (Wildman–Crippen MR) is 130 cm³/mol. The molecule has 32 heavy (non-hydrogen) atoms. The van der Waals surface area contributed by atoms with Gasteiger partial charge in [0.15, 0.2) is 0 Å². The van der Waals surface area contributed by atoms with Gasteiger partial charge in [-0.1, -0.05) is 84.0 Å². The number of rotatable bonds is 4. The van der Waals surface area contributed by atoms with Crippen molar-refractivity contribution < 1.29 is 9.59 Å². The van der Waals surface area contributed by atoms with E-state index in [4.69, 9.17) is 0 Å². The van der Waals surface area contributed by atoms with Crippen LogP contribution in [0.1, 0.15) is 73.6 Å². The lowest BCUT2D eigenvalue weighted by Gasteiger charge is -2.23. The Morgan fingerprint density at radius 1 is 0.594 bits per heavy atom. The molecule has 5 heteroatoms. The number of hydrogen-bond acceptors (Lipinski definition) is 3. The molecular weight excluding hydrogens is 398 g/mol. The third-order valence-corrected chi connectivity index (χ3v) is 5.18. The molecular formula is C27H31N3O2. The highest BCUT2D eigenvalue weighted by molar-refractivity contribution is 6.06. The summed E-state index contributed by atoms with van der Waals surface area (Å²) in [6.07, 6.45) is 0. The van der Waals surface area contributed by atoms with Gasteiger partial charge in [0, 0.05) is 11.4 Å². The van der Waals surface area contributed by atoms with Crippen LogP contribution in [0.5, 0.6) is 0 Å². The van der Waals surface area contributed by atoms with Crippen molar-refractivity contribution >= 4 is 23.2 Å². The van der Waals surface area contributed by atoms with Gasteiger partial charge in [-0.3, -0.25) is 9.59 Å². The van der Waals surface area contributed by atoms with E-state index in [0.29, 0.717) is 0 Å². The Balaban J connectivity index is 1.82. The average Bonchev–Trinajstić information content (AvgIpc) is 2.73. The Hall–Kier alpha value is -3.47. The van der Waals surface area contributed by atoms with Crippen molar-refractivity contribution in [1.29, 1.82) is 0 Å². The van der Waals surface area contributed by atoms with E-state index in [-0.39, 0.29) is 34.0 Å². The number of carbonyl (C=O) groups is 2. The molecule has 0 atom stereocenters. The van der Waals surface area contributed by atoms with Gasteiger partial charge in [0.25, 0.3) is 11.8 Å². The van der Waals surface area contributed by atoms with Crippen molar-refractivity contribution in [2.45, 2.75) is 52.4 Å². The molecule has 5 nitrogen and oxygen atoms in total. The number of nitrogens with zero attached hydrogens (tertiary/aromatic N) is 1. The standard InChI is InChI=1S/C27H31N3O2/c1-26(2,3)18-12-7-9-14-20(18)29-24(31)22-16-11-17-23(28-22)25(32)30-21-15-10-8-13-19(21)27(4,5)6/h7-17H,1-6H3,(H,29,31)(H,30,32). The van der Waals surface area contributed by atoms with Crippen LogP contribution in [0.2, 0.25) is 0 Å². The largest absolute Gasteiger partial charge is 0.320 e. The molecule has 0 saturated heterocycles. The van der Waals surface area contributed by atoms with Gasteiger partial charge in [0.05, 0.1) is 0 Å². The fourth-order valence-electron chi connectivity index (χ4n) is 3.55. The van der Waals surface area contributed by atoms with Crippen molar-refractivity contribution in [2.24, 2.45) is 0 Å². The van der Waals surface area contributed by atoms with E-state index in [9.17, 15) is 9.59 Å². The first-order valence-electron chi connectivity index (χ1n) is 10.8. The second kappa shape index (κ2) is 8.95. The lowest BCUT2D eigenvalue weighted by atomic mass is 9.86. The predicted octanol–water partition coefficient (Wildman–Crippen LogP) is 6.18. The minimum atomic E-state index is -0.355. The molecule has 0 bridgehead atoms. The molecule has 0 saturated carbocycles. The molecule has 3 rings (SSSR count). The smallest absolute Gasteiger partial charge is 0.274 e. The number of aromatic nitrogens is 1. The van der Waals surface area contributed by atoms with E-state index in [0.717, 1.165) is 22.5 Å². The molecule has 166 valence electrons. The fraction of sp³-hybridized carbons (Fsp3) is 0.296. The van der Waals surface area contributed by atoms with Gasteiger partial charge in [-0.15, -0.1) is 0 Å². The van der Waals surface area contributed by atoms with Crippen LogP contribution < -0.4 is 10.6 Å². The monoisotopic (exact) mass is 429 g/mol. The Morgan fingerprint density at radius 3 is 1.34 bits per heavy atom. The van der Waals surface area contributed by atoms with Crippen molar-refractivity contribution in [3.63, 3.8) is 0 Å². The summed E-state index contributed by atoms with van der Waals surface area (Å²) in [5.74, 6) is -0.710. The van der Waals surface area contributed by atoms with Crippen LogP contribution >= 0.6 is 0 Å². The number of pyridine rings is 1. The summed E-state index contributed by atoms with van der Waals surface area (Å²) in [4.78, 5) is 30.1. The normalized spacial score (nSPS) is 11.7. The van der Waals surface area contributed by atoms with Gasteiger partial charge in [-0.2, -0.15) is 0 Å². The average molecular weight is 430 g/mol. The van der Waals surface area contributed by atoms with Crippen LogP contribution in [-0.2, 0) is 10.8 Å². The van der Waals surface area contributed by atoms with Crippen LogP contribution in [0.4, 0.5) is 11.4 Å². The molecule has 0 aliphatic rings. The van der Waals surface area contributed by atoms with E-state index >= 15 is 0 Å². The number of hydrogen-bond donors (Lipinski definition) is 2. The van der Waals surface area contributed by atoms with Crippen LogP contribution in [-0.4, -0.2) is 16.8 Å². The van der Waals surface area contributed by atoms with E-state index < -0.39 is 0 Å². The number of nitrogens with one attached hydrogen (secondary N) is 2. The van der Waals surface area contributed by atoms with E-state index in [2.05, 4.69) is 57.2 Å². The van der Waals surface area contributed by atoms with E-state index in [1.54, 1.807) is 18.2 Å². The van der Waals surface area contributed by atoms with E-state index in [1.807, 2.05) is 48.5 Å². The fourth-order valence-corrected chi connectivity index (χ4v) is 3.55. The molecule has 1 aromatic heterocycles. The molecule has 2 N–H and O–H groups in total. The second-order valence-electron chi connectivity index (χ2n) is 9.91. The summed E-state index contributed by atoms with van der Waals surface area (Å²) in [6.45, 7) is 12.6. The van der Waals surface area contributed by atoms with Crippen LogP contribution in [0, 0.1) is 0 Å². The first-order valence-corrected chi connectivity index (χ1v) is 10.8. The summed E-state index contributed by atoms with van der Waals surface area (Å²) < 4.78 is 0. The molecule has 2 amide bonds. The highest BCUT2D eigenvalue weighted by Gasteiger charge is 2.21. The van der Waals surface area contributed by atoms with Crippen LogP contribution in [0.25, 0.3) is 0 Å². The van der Waals surface area contributed by atoms with Gasteiger partial charge in [-0.25, -0.2) is 4.98 Å². The summed E-state index contributed by atoms with van der Waals surface area (Å²) in [5.41, 5.74) is 3.65. The zero-order valence-electron chi connectivity index (χ0n) is 19.6. The maximum atomic E-state index is 12.9. The Bertz CT molecular complexity index is 1050. The Kier molecular flexibility index (Phi) is 6.49. The molecule has 0 aliphatic heterocycles. The first-order chi connectivity index (χ1) is 15.0. The maximum Gasteiger partial charge on any atom is 0.274 e. The highest BCUT2D eigenvalue weighted by atomic mass is 16.2. The zero-order valence-corrected chi connectivity index (χ0v) is 19.6. The van der Waals surface area contributed by atoms with Gasteiger partial charge in [0.2, 0.25) is 0 Å². The van der Waals surface area contributed by atoms with Gasteiger partial charge in [0.1, 0.15) is 11.4 Å². The minimum Gasteiger partial charge on any atom is -0.320 e. The van der Waals surface area contributed by atoms with Crippen LogP contribution in [0.15, 0.2) is 66.7 Å². The second-order valence-corrected chi connectivity index (χ2v) is 9.91. The maximum absolute atomic E-state index is 12.9.